The largest absolute Gasteiger partial charge is 0.358 e. The van der Waals surface area contributed by atoms with Gasteiger partial charge in [0.15, 0.2) is 0 Å². The Hall–Kier alpha value is -1.08. The van der Waals surface area contributed by atoms with Crippen LogP contribution in [-0.4, -0.2) is 36.5 Å². The SMILES string of the molecule is CNC(=O)C1CCCN1C(C)C#N. The number of amides is 1. The zero-order valence-corrected chi connectivity index (χ0v) is 8.08. The molecule has 72 valence electrons. The maximum absolute atomic E-state index is 11.4. The topological polar surface area (TPSA) is 56.1 Å². The van der Waals surface area contributed by atoms with Gasteiger partial charge in [0.05, 0.1) is 18.2 Å². The van der Waals surface area contributed by atoms with E-state index < -0.39 is 0 Å². The first kappa shape index (κ1) is 10.0. The monoisotopic (exact) mass is 181 g/mol. The zero-order valence-electron chi connectivity index (χ0n) is 8.08. The highest BCUT2D eigenvalue weighted by molar-refractivity contribution is 5.81. The highest BCUT2D eigenvalue weighted by Crippen LogP contribution is 2.19. The van der Waals surface area contributed by atoms with E-state index in [2.05, 4.69) is 11.4 Å². The van der Waals surface area contributed by atoms with Gasteiger partial charge in [0.2, 0.25) is 5.91 Å². The Morgan fingerprint density at radius 2 is 2.46 bits per heavy atom. The fourth-order valence-corrected chi connectivity index (χ4v) is 1.77. The highest BCUT2D eigenvalue weighted by Gasteiger charge is 2.32. The molecular formula is C9H15N3O. The molecule has 4 heteroatoms. The van der Waals surface area contributed by atoms with Crippen LogP contribution in [0.15, 0.2) is 0 Å². The standard InChI is InChI=1S/C9H15N3O/c1-7(6-10)12-5-3-4-8(12)9(13)11-2/h7-8H,3-5H2,1-2H3,(H,11,13). The molecule has 1 N–H and O–H groups in total. The van der Waals surface area contributed by atoms with Crippen molar-refractivity contribution in [3.05, 3.63) is 0 Å². The van der Waals surface area contributed by atoms with Gasteiger partial charge in [-0.05, 0) is 19.8 Å². The molecule has 0 aromatic rings. The van der Waals surface area contributed by atoms with Crippen molar-refractivity contribution in [3.8, 4) is 6.07 Å². The van der Waals surface area contributed by atoms with Gasteiger partial charge < -0.3 is 5.32 Å². The predicted molar refractivity (Wildman–Crippen MR) is 48.9 cm³/mol. The summed E-state index contributed by atoms with van der Waals surface area (Å²) in [6.45, 7) is 2.69. The fourth-order valence-electron chi connectivity index (χ4n) is 1.77. The van der Waals surface area contributed by atoms with Crippen LogP contribution in [0.25, 0.3) is 0 Å². The summed E-state index contributed by atoms with van der Waals surface area (Å²) >= 11 is 0. The average molecular weight is 181 g/mol. The maximum Gasteiger partial charge on any atom is 0.237 e. The van der Waals surface area contributed by atoms with E-state index in [0.717, 1.165) is 19.4 Å². The van der Waals surface area contributed by atoms with Gasteiger partial charge in [-0.3, -0.25) is 9.69 Å². The van der Waals surface area contributed by atoms with Gasteiger partial charge in [0.1, 0.15) is 0 Å². The third-order valence-electron chi connectivity index (χ3n) is 2.53. The van der Waals surface area contributed by atoms with Crippen molar-refractivity contribution in [2.75, 3.05) is 13.6 Å². The minimum Gasteiger partial charge on any atom is -0.358 e. The predicted octanol–water partition coefficient (Wildman–Crippen LogP) is 0.109. The second-order valence-electron chi connectivity index (χ2n) is 3.32. The fraction of sp³-hybridized carbons (Fsp3) is 0.778. The van der Waals surface area contributed by atoms with Gasteiger partial charge >= 0.3 is 0 Å². The van der Waals surface area contributed by atoms with Crippen molar-refractivity contribution in [2.45, 2.75) is 31.8 Å². The Balaban J connectivity index is 2.64. The lowest BCUT2D eigenvalue weighted by atomic mass is 10.2. The lowest BCUT2D eigenvalue weighted by Crippen LogP contribution is -2.45. The number of likely N-dealkylation sites (tertiary alicyclic amines) is 1. The molecule has 0 aromatic carbocycles. The Labute approximate surface area is 78.5 Å². The van der Waals surface area contributed by atoms with Crippen LogP contribution < -0.4 is 5.32 Å². The van der Waals surface area contributed by atoms with Crippen molar-refractivity contribution in [1.29, 1.82) is 5.26 Å². The van der Waals surface area contributed by atoms with E-state index in [1.165, 1.54) is 0 Å². The number of nitrogens with zero attached hydrogens (tertiary/aromatic N) is 2. The summed E-state index contributed by atoms with van der Waals surface area (Å²) in [7, 11) is 1.63. The molecule has 0 bridgehead atoms. The van der Waals surface area contributed by atoms with Crippen LogP contribution in [0.2, 0.25) is 0 Å². The normalized spacial score (nSPS) is 25.2. The minimum atomic E-state index is -0.162. The molecule has 1 rings (SSSR count). The molecule has 13 heavy (non-hydrogen) atoms. The average Bonchev–Trinajstić information content (AvgIpc) is 2.63. The molecule has 1 aliphatic rings. The molecule has 0 spiro atoms. The summed E-state index contributed by atoms with van der Waals surface area (Å²) in [5.74, 6) is 0.0274. The van der Waals surface area contributed by atoms with Gasteiger partial charge in [-0.15, -0.1) is 0 Å². The highest BCUT2D eigenvalue weighted by atomic mass is 16.2. The molecule has 1 amide bonds. The molecule has 0 aromatic heterocycles. The maximum atomic E-state index is 11.4. The van der Waals surface area contributed by atoms with Gasteiger partial charge in [-0.1, -0.05) is 0 Å². The molecular weight excluding hydrogens is 166 g/mol. The molecule has 1 aliphatic heterocycles. The third-order valence-corrected chi connectivity index (χ3v) is 2.53. The molecule has 0 saturated carbocycles. The summed E-state index contributed by atoms with van der Waals surface area (Å²) in [6, 6.07) is 1.90. The molecule has 1 fully saturated rings. The summed E-state index contributed by atoms with van der Waals surface area (Å²) in [5.41, 5.74) is 0. The van der Waals surface area contributed by atoms with Crippen molar-refractivity contribution >= 4 is 5.91 Å². The molecule has 1 saturated heterocycles. The quantitative estimate of drug-likeness (QED) is 0.657. The van der Waals surface area contributed by atoms with E-state index in [0.29, 0.717) is 0 Å². The number of rotatable bonds is 2. The van der Waals surface area contributed by atoms with Crippen LogP contribution in [0.1, 0.15) is 19.8 Å². The number of likely N-dealkylation sites (N-methyl/N-ethyl adjacent to an activating group) is 1. The van der Waals surface area contributed by atoms with Crippen molar-refractivity contribution in [1.82, 2.24) is 10.2 Å². The van der Waals surface area contributed by atoms with Crippen molar-refractivity contribution in [2.24, 2.45) is 0 Å². The summed E-state index contributed by atoms with van der Waals surface area (Å²) < 4.78 is 0. The van der Waals surface area contributed by atoms with E-state index >= 15 is 0 Å². The Morgan fingerprint density at radius 1 is 1.77 bits per heavy atom. The van der Waals surface area contributed by atoms with E-state index in [9.17, 15) is 4.79 Å². The second-order valence-corrected chi connectivity index (χ2v) is 3.32. The Bertz CT molecular complexity index is 234. The Morgan fingerprint density at radius 3 is 3.00 bits per heavy atom. The van der Waals surface area contributed by atoms with Gasteiger partial charge in [0, 0.05) is 13.6 Å². The number of nitrogens with one attached hydrogen (secondary N) is 1. The number of hydrogen-bond donors (Lipinski definition) is 1. The second kappa shape index (κ2) is 4.24. The van der Waals surface area contributed by atoms with Crippen LogP contribution in [0.5, 0.6) is 0 Å². The van der Waals surface area contributed by atoms with Crippen LogP contribution in [0, 0.1) is 11.3 Å². The summed E-state index contributed by atoms with van der Waals surface area (Å²) in [6.07, 6.45) is 1.87. The molecule has 2 atom stereocenters. The van der Waals surface area contributed by atoms with Crippen molar-refractivity contribution < 1.29 is 4.79 Å². The van der Waals surface area contributed by atoms with Crippen molar-refractivity contribution in [3.63, 3.8) is 0 Å². The van der Waals surface area contributed by atoms with Gasteiger partial charge in [0.25, 0.3) is 0 Å². The summed E-state index contributed by atoms with van der Waals surface area (Å²) in [5, 5.41) is 11.4. The first-order valence-electron chi connectivity index (χ1n) is 4.57. The number of nitriles is 1. The molecule has 2 unspecified atom stereocenters. The molecule has 4 nitrogen and oxygen atoms in total. The van der Waals surface area contributed by atoms with Crippen LogP contribution in [-0.2, 0) is 4.79 Å². The van der Waals surface area contributed by atoms with Crippen LogP contribution >= 0.6 is 0 Å². The van der Waals surface area contributed by atoms with E-state index in [-0.39, 0.29) is 18.0 Å². The molecule has 0 radical (unpaired) electrons. The van der Waals surface area contributed by atoms with E-state index in [4.69, 9.17) is 5.26 Å². The van der Waals surface area contributed by atoms with E-state index in [1.807, 2.05) is 11.8 Å². The molecule has 0 aliphatic carbocycles. The number of carbonyl (C=O) groups excluding carboxylic acids is 1. The number of hydrogen-bond acceptors (Lipinski definition) is 3. The molecule has 1 heterocycles. The smallest absolute Gasteiger partial charge is 0.237 e. The lowest BCUT2D eigenvalue weighted by Gasteiger charge is -2.24. The Kier molecular flexibility index (Phi) is 3.26. The summed E-state index contributed by atoms with van der Waals surface area (Å²) in [4.78, 5) is 13.3. The van der Waals surface area contributed by atoms with Crippen LogP contribution in [0.3, 0.4) is 0 Å². The van der Waals surface area contributed by atoms with Crippen LogP contribution in [0.4, 0.5) is 0 Å². The zero-order chi connectivity index (χ0) is 9.84. The lowest BCUT2D eigenvalue weighted by molar-refractivity contribution is -0.125. The van der Waals surface area contributed by atoms with Gasteiger partial charge in [-0.2, -0.15) is 5.26 Å². The first-order chi connectivity index (χ1) is 6.20. The van der Waals surface area contributed by atoms with Gasteiger partial charge in [-0.25, -0.2) is 0 Å². The third kappa shape index (κ3) is 1.99. The first-order valence-corrected chi connectivity index (χ1v) is 4.57. The van der Waals surface area contributed by atoms with E-state index in [1.54, 1.807) is 7.05 Å². The minimum absolute atomic E-state index is 0.0274. The number of carbonyl (C=O) groups is 1.